The van der Waals surface area contributed by atoms with E-state index in [9.17, 15) is 14.9 Å². The van der Waals surface area contributed by atoms with E-state index in [0.29, 0.717) is 30.1 Å². The van der Waals surface area contributed by atoms with Gasteiger partial charge in [0, 0.05) is 23.9 Å². The molecule has 11 nitrogen and oxygen atoms in total. The number of anilines is 2. The molecule has 0 spiro atoms. The fourth-order valence-electron chi connectivity index (χ4n) is 3.63. The van der Waals surface area contributed by atoms with Crippen LogP contribution in [0.5, 0.6) is 11.5 Å². The highest BCUT2D eigenvalue weighted by atomic mass is 16.6. The van der Waals surface area contributed by atoms with Gasteiger partial charge in [0.05, 0.1) is 19.1 Å². The lowest BCUT2D eigenvalue weighted by Gasteiger charge is -2.25. The minimum absolute atomic E-state index is 0.0184. The van der Waals surface area contributed by atoms with Crippen LogP contribution in [0.3, 0.4) is 0 Å². The lowest BCUT2D eigenvalue weighted by atomic mass is 9.90. The monoisotopic (exact) mass is 431 g/mol. The van der Waals surface area contributed by atoms with Crippen molar-refractivity contribution in [2.75, 3.05) is 32.6 Å². The van der Waals surface area contributed by atoms with Crippen LogP contribution < -0.4 is 20.1 Å². The molecule has 0 aliphatic carbocycles. The summed E-state index contributed by atoms with van der Waals surface area (Å²) in [5, 5.41) is 18.2. The van der Waals surface area contributed by atoms with E-state index in [0.717, 1.165) is 25.9 Å². The molecule has 0 bridgehead atoms. The van der Waals surface area contributed by atoms with E-state index in [1.807, 2.05) is 0 Å². The summed E-state index contributed by atoms with van der Waals surface area (Å²) in [6.45, 7) is 2.02. The first-order valence-corrected chi connectivity index (χ1v) is 9.85. The van der Waals surface area contributed by atoms with Gasteiger partial charge in [-0.2, -0.15) is 0 Å². The van der Waals surface area contributed by atoms with Gasteiger partial charge in [0.1, 0.15) is 17.8 Å². The first kappa shape index (κ1) is 22.2. The SMILES string of the molecule is COc1cc(Nc2ncnc(C(CC3CCNCC3)OC=O)c2[N+](=O)[O-])cc(OC)c1. The van der Waals surface area contributed by atoms with Crippen molar-refractivity contribution < 1.29 is 23.9 Å². The molecule has 1 unspecified atom stereocenters. The number of nitrogens with zero attached hydrogens (tertiary/aromatic N) is 3. The molecule has 11 heteroatoms. The molecule has 2 aromatic rings. The number of benzene rings is 1. The molecule has 1 fully saturated rings. The Morgan fingerprint density at radius 3 is 2.48 bits per heavy atom. The molecule has 1 atom stereocenters. The van der Waals surface area contributed by atoms with E-state index in [1.165, 1.54) is 20.5 Å². The van der Waals surface area contributed by atoms with Gasteiger partial charge >= 0.3 is 5.69 Å². The van der Waals surface area contributed by atoms with Crippen LogP contribution in [0.2, 0.25) is 0 Å². The average molecular weight is 431 g/mol. The maximum absolute atomic E-state index is 12.0. The maximum Gasteiger partial charge on any atom is 0.336 e. The highest BCUT2D eigenvalue weighted by molar-refractivity contribution is 5.69. The number of piperidine rings is 1. The lowest BCUT2D eigenvalue weighted by molar-refractivity contribution is -0.385. The van der Waals surface area contributed by atoms with Crippen molar-refractivity contribution in [2.24, 2.45) is 5.92 Å². The Morgan fingerprint density at radius 2 is 1.90 bits per heavy atom. The fourth-order valence-corrected chi connectivity index (χ4v) is 3.63. The molecule has 2 heterocycles. The van der Waals surface area contributed by atoms with Crippen molar-refractivity contribution >= 4 is 23.7 Å². The van der Waals surface area contributed by atoms with Crippen molar-refractivity contribution in [1.29, 1.82) is 0 Å². The Labute approximate surface area is 179 Å². The number of carbonyl (C=O) groups excluding carboxylic acids is 1. The van der Waals surface area contributed by atoms with Crippen molar-refractivity contribution in [3.8, 4) is 11.5 Å². The molecule has 1 aromatic carbocycles. The third-order valence-corrected chi connectivity index (χ3v) is 5.18. The molecule has 0 radical (unpaired) electrons. The first-order chi connectivity index (χ1) is 15.0. The Morgan fingerprint density at radius 1 is 1.23 bits per heavy atom. The summed E-state index contributed by atoms with van der Waals surface area (Å²) in [5.41, 5.74) is 0.197. The van der Waals surface area contributed by atoms with Crippen LogP contribution >= 0.6 is 0 Å². The normalized spacial score (nSPS) is 15.0. The molecule has 3 rings (SSSR count). The zero-order valence-corrected chi connectivity index (χ0v) is 17.4. The molecular formula is C20H25N5O6. The standard InChI is InChI=1S/C20H25N5O6/c1-29-15-8-14(9-16(10-15)30-2)24-20-19(25(27)28)18(22-11-23-20)17(31-12-26)7-13-3-5-21-6-4-13/h8-13,17,21H,3-7H2,1-2H3,(H,22,23,24). The average Bonchev–Trinajstić information content (AvgIpc) is 2.78. The van der Waals surface area contributed by atoms with Crippen molar-refractivity contribution in [3.63, 3.8) is 0 Å². The predicted octanol–water partition coefficient (Wildman–Crippen LogP) is 2.75. The summed E-state index contributed by atoms with van der Waals surface area (Å²) in [5.74, 6) is 1.26. The van der Waals surface area contributed by atoms with Gasteiger partial charge in [-0.3, -0.25) is 14.9 Å². The summed E-state index contributed by atoms with van der Waals surface area (Å²) in [6.07, 6.45) is 2.61. The summed E-state index contributed by atoms with van der Waals surface area (Å²) in [4.78, 5) is 30.7. The van der Waals surface area contributed by atoms with Crippen LogP contribution in [0.1, 0.15) is 31.1 Å². The van der Waals surface area contributed by atoms with Crippen LogP contribution in [0.4, 0.5) is 17.2 Å². The van der Waals surface area contributed by atoms with Gasteiger partial charge in [-0.25, -0.2) is 9.97 Å². The van der Waals surface area contributed by atoms with E-state index in [4.69, 9.17) is 14.2 Å². The quantitative estimate of drug-likeness (QED) is 0.328. The molecule has 2 N–H and O–H groups in total. The van der Waals surface area contributed by atoms with Crippen molar-refractivity contribution in [2.45, 2.75) is 25.4 Å². The van der Waals surface area contributed by atoms with Gasteiger partial charge in [0.25, 0.3) is 6.47 Å². The zero-order valence-electron chi connectivity index (χ0n) is 17.4. The number of ether oxygens (including phenoxy) is 3. The Balaban J connectivity index is 1.96. The molecule has 0 amide bonds. The number of hydrogen-bond acceptors (Lipinski definition) is 10. The minimum Gasteiger partial charge on any atom is -0.497 e. The van der Waals surface area contributed by atoms with Crippen molar-refractivity contribution in [3.05, 3.63) is 40.3 Å². The number of rotatable bonds is 10. The molecule has 166 valence electrons. The third-order valence-electron chi connectivity index (χ3n) is 5.18. The molecule has 1 saturated heterocycles. The number of methoxy groups -OCH3 is 2. The third kappa shape index (κ3) is 5.57. The zero-order chi connectivity index (χ0) is 22.2. The van der Waals surface area contributed by atoms with Crippen LogP contribution in [0.25, 0.3) is 0 Å². The van der Waals surface area contributed by atoms with Crippen LogP contribution in [0.15, 0.2) is 24.5 Å². The van der Waals surface area contributed by atoms with Crippen molar-refractivity contribution in [1.82, 2.24) is 15.3 Å². The van der Waals surface area contributed by atoms with E-state index in [-0.39, 0.29) is 23.1 Å². The van der Waals surface area contributed by atoms with E-state index < -0.39 is 11.0 Å². The summed E-state index contributed by atoms with van der Waals surface area (Å²) < 4.78 is 15.7. The number of aromatic nitrogens is 2. The first-order valence-electron chi connectivity index (χ1n) is 9.85. The summed E-state index contributed by atoms with van der Waals surface area (Å²) in [6, 6.07) is 4.99. The van der Waals surface area contributed by atoms with Crippen LogP contribution in [-0.4, -0.2) is 48.7 Å². The van der Waals surface area contributed by atoms with E-state index >= 15 is 0 Å². The van der Waals surface area contributed by atoms with Crippen LogP contribution in [-0.2, 0) is 9.53 Å². The Bertz CT molecular complexity index is 897. The molecule has 1 aromatic heterocycles. The van der Waals surface area contributed by atoms with Gasteiger partial charge in [0.15, 0.2) is 11.8 Å². The topological polar surface area (TPSA) is 138 Å². The minimum atomic E-state index is -0.843. The second kappa shape index (κ2) is 10.5. The summed E-state index contributed by atoms with van der Waals surface area (Å²) >= 11 is 0. The molecule has 0 saturated carbocycles. The maximum atomic E-state index is 12.0. The molecule has 1 aliphatic rings. The van der Waals surface area contributed by atoms with Gasteiger partial charge in [0.2, 0.25) is 5.82 Å². The smallest absolute Gasteiger partial charge is 0.336 e. The number of nitrogens with one attached hydrogen (secondary N) is 2. The second-order valence-corrected chi connectivity index (χ2v) is 7.09. The lowest BCUT2D eigenvalue weighted by Crippen LogP contribution is -2.29. The number of carbonyl (C=O) groups is 1. The Hall–Kier alpha value is -3.47. The highest BCUT2D eigenvalue weighted by Gasteiger charge is 2.32. The van der Waals surface area contributed by atoms with Gasteiger partial charge in [-0.1, -0.05) is 0 Å². The van der Waals surface area contributed by atoms with Crippen LogP contribution in [0, 0.1) is 16.0 Å². The second-order valence-electron chi connectivity index (χ2n) is 7.09. The highest BCUT2D eigenvalue weighted by Crippen LogP contribution is 2.37. The number of hydrogen-bond donors (Lipinski definition) is 2. The van der Waals surface area contributed by atoms with Gasteiger partial charge < -0.3 is 24.8 Å². The molecule has 1 aliphatic heterocycles. The fraction of sp³-hybridized carbons (Fsp3) is 0.450. The summed E-state index contributed by atoms with van der Waals surface area (Å²) in [7, 11) is 3.01. The molecular weight excluding hydrogens is 406 g/mol. The molecule has 31 heavy (non-hydrogen) atoms. The largest absolute Gasteiger partial charge is 0.497 e. The predicted molar refractivity (Wildman–Crippen MR) is 112 cm³/mol. The number of nitro groups is 1. The van der Waals surface area contributed by atoms with Gasteiger partial charge in [-0.15, -0.1) is 0 Å². The Kier molecular flexibility index (Phi) is 7.55. The van der Waals surface area contributed by atoms with Gasteiger partial charge in [-0.05, 0) is 38.3 Å². The van der Waals surface area contributed by atoms with E-state index in [1.54, 1.807) is 18.2 Å². The van der Waals surface area contributed by atoms with E-state index in [2.05, 4.69) is 20.6 Å².